The predicted octanol–water partition coefficient (Wildman–Crippen LogP) is 2.61. The van der Waals surface area contributed by atoms with Gasteiger partial charge in [-0.25, -0.2) is 4.39 Å². The van der Waals surface area contributed by atoms with Crippen molar-refractivity contribution in [2.24, 2.45) is 0 Å². The van der Waals surface area contributed by atoms with E-state index in [1.54, 1.807) is 30.3 Å². The van der Waals surface area contributed by atoms with Crippen LogP contribution in [0.5, 0.6) is 0 Å². The molecule has 0 saturated heterocycles. The van der Waals surface area contributed by atoms with E-state index >= 15 is 0 Å². The second kappa shape index (κ2) is 6.64. The smallest absolute Gasteiger partial charge is 0.325 e. The first-order valence-corrected chi connectivity index (χ1v) is 6.31. The van der Waals surface area contributed by atoms with Crippen molar-refractivity contribution in [3.63, 3.8) is 0 Å². The number of carboxylic acids is 1. The zero-order valence-electron chi connectivity index (χ0n) is 11.1. The van der Waals surface area contributed by atoms with Crippen LogP contribution in [0.2, 0.25) is 0 Å². The average molecular weight is 284 g/mol. The zero-order valence-corrected chi connectivity index (χ0v) is 11.1. The van der Waals surface area contributed by atoms with Gasteiger partial charge in [-0.1, -0.05) is 30.3 Å². The van der Waals surface area contributed by atoms with Crippen LogP contribution in [0, 0.1) is 17.1 Å². The Hall–Kier alpha value is -2.71. The highest BCUT2D eigenvalue weighted by molar-refractivity contribution is 5.75. The molecule has 0 aromatic heterocycles. The number of halogens is 1. The number of nitriles is 1. The minimum Gasteiger partial charge on any atom is -0.480 e. The van der Waals surface area contributed by atoms with Gasteiger partial charge in [0.1, 0.15) is 11.9 Å². The number of aliphatic carboxylic acids is 1. The minimum absolute atomic E-state index is 0.0898. The van der Waals surface area contributed by atoms with E-state index in [1.165, 1.54) is 18.2 Å². The summed E-state index contributed by atoms with van der Waals surface area (Å²) >= 11 is 0. The van der Waals surface area contributed by atoms with Crippen molar-refractivity contribution in [3.8, 4) is 6.07 Å². The van der Waals surface area contributed by atoms with Gasteiger partial charge in [-0.3, -0.25) is 10.1 Å². The molecule has 0 radical (unpaired) electrons. The molecule has 0 bridgehead atoms. The lowest BCUT2D eigenvalue weighted by Crippen LogP contribution is -2.28. The third-order valence-electron chi connectivity index (χ3n) is 3.06. The first kappa shape index (κ1) is 14.7. The number of carbonyl (C=O) groups is 1. The molecule has 0 spiro atoms. The highest BCUT2D eigenvalue weighted by Crippen LogP contribution is 2.16. The number of hydrogen-bond acceptors (Lipinski definition) is 3. The van der Waals surface area contributed by atoms with E-state index in [-0.39, 0.29) is 6.54 Å². The molecular weight excluding hydrogens is 271 g/mol. The second-order valence-corrected chi connectivity index (χ2v) is 4.48. The van der Waals surface area contributed by atoms with Gasteiger partial charge in [0.2, 0.25) is 0 Å². The van der Waals surface area contributed by atoms with Gasteiger partial charge in [-0.15, -0.1) is 0 Å². The number of nitrogens with zero attached hydrogens (tertiary/aromatic N) is 1. The van der Waals surface area contributed by atoms with Crippen LogP contribution in [0.3, 0.4) is 0 Å². The molecule has 106 valence electrons. The fourth-order valence-corrected chi connectivity index (χ4v) is 2.02. The number of nitrogens with one attached hydrogen (secondary N) is 1. The summed E-state index contributed by atoms with van der Waals surface area (Å²) in [4.78, 5) is 11.3. The molecule has 0 aliphatic rings. The van der Waals surface area contributed by atoms with Crippen molar-refractivity contribution in [1.82, 2.24) is 5.32 Å². The molecule has 0 saturated carbocycles. The maximum Gasteiger partial charge on any atom is 0.325 e. The quantitative estimate of drug-likeness (QED) is 0.885. The molecule has 2 rings (SSSR count). The normalized spacial score (nSPS) is 11.6. The van der Waals surface area contributed by atoms with E-state index in [0.717, 1.165) is 0 Å². The maximum atomic E-state index is 13.2. The third-order valence-corrected chi connectivity index (χ3v) is 3.06. The summed E-state index contributed by atoms with van der Waals surface area (Å²) in [5, 5.41) is 21.1. The molecule has 21 heavy (non-hydrogen) atoms. The standard InChI is InChI=1S/C16H13FN2O2/c17-14-7-6-12(9-18)13(8-14)10-19-15(16(20)21)11-4-2-1-3-5-11/h1-8,15,19H,10H2,(H,20,21). The fraction of sp³-hybridized carbons (Fsp3) is 0.125. The van der Waals surface area contributed by atoms with Crippen LogP contribution in [0.25, 0.3) is 0 Å². The van der Waals surface area contributed by atoms with Gasteiger partial charge < -0.3 is 5.11 Å². The molecule has 5 heteroatoms. The Morgan fingerprint density at radius 2 is 2.00 bits per heavy atom. The summed E-state index contributed by atoms with van der Waals surface area (Å²) in [5.41, 5.74) is 1.35. The molecule has 0 fully saturated rings. The summed E-state index contributed by atoms with van der Waals surface area (Å²) in [7, 11) is 0. The van der Waals surface area contributed by atoms with Crippen molar-refractivity contribution in [2.75, 3.05) is 0 Å². The van der Waals surface area contributed by atoms with E-state index in [0.29, 0.717) is 16.7 Å². The largest absolute Gasteiger partial charge is 0.480 e. The van der Waals surface area contributed by atoms with Crippen LogP contribution < -0.4 is 5.32 Å². The summed E-state index contributed by atoms with van der Waals surface area (Å²) in [6.07, 6.45) is 0. The van der Waals surface area contributed by atoms with Gasteiger partial charge in [-0.2, -0.15) is 5.26 Å². The van der Waals surface area contributed by atoms with Crippen LogP contribution in [0.15, 0.2) is 48.5 Å². The molecule has 2 N–H and O–H groups in total. The SMILES string of the molecule is N#Cc1ccc(F)cc1CNC(C(=O)O)c1ccccc1. The van der Waals surface area contributed by atoms with Gasteiger partial charge in [0.15, 0.2) is 0 Å². The number of benzene rings is 2. The maximum absolute atomic E-state index is 13.2. The summed E-state index contributed by atoms with van der Waals surface area (Å²) in [5.74, 6) is -1.49. The van der Waals surface area contributed by atoms with Crippen molar-refractivity contribution in [1.29, 1.82) is 5.26 Å². The molecular formula is C16H13FN2O2. The Bertz CT molecular complexity index is 680. The third kappa shape index (κ3) is 3.65. The van der Waals surface area contributed by atoms with Gasteiger partial charge in [0, 0.05) is 6.54 Å². The molecule has 4 nitrogen and oxygen atoms in total. The summed E-state index contributed by atoms with van der Waals surface area (Å²) in [6, 6.07) is 13.5. The lowest BCUT2D eigenvalue weighted by atomic mass is 10.0. The van der Waals surface area contributed by atoms with Crippen LogP contribution in [-0.4, -0.2) is 11.1 Å². The predicted molar refractivity (Wildman–Crippen MR) is 74.8 cm³/mol. The van der Waals surface area contributed by atoms with Crippen LogP contribution in [-0.2, 0) is 11.3 Å². The molecule has 0 aliphatic heterocycles. The average Bonchev–Trinajstić information content (AvgIpc) is 2.48. The van der Waals surface area contributed by atoms with E-state index in [1.807, 2.05) is 6.07 Å². The number of carboxylic acid groups (broad SMARTS) is 1. The van der Waals surface area contributed by atoms with E-state index in [4.69, 9.17) is 5.26 Å². The molecule has 1 unspecified atom stereocenters. The lowest BCUT2D eigenvalue weighted by molar-refractivity contribution is -0.139. The van der Waals surface area contributed by atoms with Crippen molar-refractivity contribution < 1.29 is 14.3 Å². The highest BCUT2D eigenvalue weighted by Gasteiger charge is 2.19. The Balaban J connectivity index is 2.19. The van der Waals surface area contributed by atoms with Gasteiger partial charge in [0.25, 0.3) is 0 Å². The van der Waals surface area contributed by atoms with Gasteiger partial charge in [0.05, 0.1) is 11.6 Å². The molecule has 2 aromatic rings. The minimum atomic E-state index is -1.03. The molecule has 0 amide bonds. The van der Waals surface area contributed by atoms with Gasteiger partial charge >= 0.3 is 5.97 Å². The molecule has 0 heterocycles. The van der Waals surface area contributed by atoms with Crippen molar-refractivity contribution >= 4 is 5.97 Å². The van der Waals surface area contributed by atoms with E-state index in [9.17, 15) is 14.3 Å². The first-order valence-electron chi connectivity index (χ1n) is 6.31. The zero-order chi connectivity index (χ0) is 15.2. The van der Waals surface area contributed by atoms with Crippen LogP contribution >= 0.6 is 0 Å². The monoisotopic (exact) mass is 284 g/mol. The van der Waals surface area contributed by atoms with Crippen LogP contribution in [0.4, 0.5) is 4.39 Å². The topological polar surface area (TPSA) is 73.1 Å². The highest BCUT2D eigenvalue weighted by atomic mass is 19.1. The van der Waals surface area contributed by atoms with E-state index in [2.05, 4.69) is 5.32 Å². The van der Waals surface area contributed by atoms with Crippen molar-refractivity contribution in [3.05, 3.63) is 71.0 Å². The van der Waals surface area contributed by atoms with Crippen LogP contribution in [0.1, 0.15) is 22.7 Å². The number of hydrogen-bond donors (Lipinski definition) is 2. The molecule has 1 atom stereocenters. The fourth-order valence-electron chi connectivity index (χ4n) is 2.02. The Morgan fingerprint density at radius 3 is 2.62 bits per heavy atom. The molecule has 0 aliphatic carbocycles. The van der Waals surface area contributed by atoms with E-state index < -0.39 is 17.8 Å². The number of rotatable bonds is 5. The Morgan fingerprint density at radius 1 is 1.29 bits per heavy atom. The summed E-state index contributed by atoms with van der Waals surface area (Å²) in [6.45, 7) is 0.0898. The Kier molecular flexibility index (Phi) is 4.64. The summed E-state index contributed by atoms with van der Waals surface area (Å²) < 4.78 is 13.2. The molecule has 2 aromatic carbocycles. The van der Waals surface area contributed by atoms with Crippen molar-refractivity contribution in [2.45, 2.75) is 12.6 Å². The Labute approximate surface area is 121 Å². The second-order valence-electron chi connectivity index (χ2n) is 4.48. The lowest BCUT2D eigenvalue weighted by Gasteiger charge is -2.15. The van der Waals surface area contributed by atoms with Gasteiger partial charge in [-0.05, 0) is 29.3 Å². The first-order chi connectivity index (χ1) is 10.1.